The average molecular weight is 251 g/mol. The van der Waals surface area contributed by atoms with Crippen LogP contribution >= 0.6 is 0 Å². The van der Waals surface area contributed by atoms with Crippen molar-refractivity contribution in [2.24, 2.45) is 17.8 Å². The highest BCUT2D eigenvalue weighted by atomic mass is 15.0. The van der Waals surface area contributed by atoms with Crippen molar-refractivity contribution < 1.29 is 0 Å². The van der Waals surface area contributed by atoms with E-state index in [1.54, 1.807) is 0 Å². The highest BCUT2D eigenvalue weighted by molar-refractivity contribution is 4.84. The second-order valence-corrected chi connectivity index (χ2v) is 7.17. The molecule has 1 nitrogen and oxygen atoms in total. The van der Waals surface area contributed by atoms with Gasteiger partial charge in [0.15, 0.2) is 0 Å². The number of rotatable bonds is 3. The standard InChI is InChI=1S/C17H33N/c1-13-10-11-17(12-14(13)2)18-15(3)16-8-6-4-5-7-9-16/h13-18H,4-12H2,1-3H3/t13?,14?,15-,17?/m0/s1. The van der Waals surface area contributed by atoms with Crippen molar-refractivity contribution in [3.8, 4) is 0 Å². The van der Waals surface area contributed by atoms with Gasteiger partial charge in [0, 0.05) is 12.1 Å². The monoisotopic (exact) mass is 251 g/mol. The van der Waals surface area contributed by atoms with E-state index in [-0.39, 0.29) is 0 Å². The molecule has 0 aromatic heterocycles. The summed E-state index contributed by atoms with van der Waals surface area (Å²) in [5.41, 5.74) is 0. The zero-order chi connectivity index (χ0) is 13.0. The molecule has 3 unspecified atom stereocenters. The molecular weight excluding hydrogens is 218 g/mol. The second-order valence-electron chi connectivity index (χ2n) is 7.17. The van der Waals surface area contributed by atoms with Gasteiger partial charge in [-0.3, -0.25) is 0 Å². The van der Waals surface area contributed by atoms with Gasteiger partial charge in [0.05, 0.1) is 0 Å². The van der Waals surface area contributed by atoms with Gasteiger partial charge in [-0.15, -0.1) is 0 Å². The van der Waals surface area contributed by atoms with E-state index in [1.807, 2.05) is 0 Å². The second kappa shape index (κ2) is 6.93. The molecule has 106 valence electrons. The van der Waals surface area contributed by atoms with Crippen LogP contribution in [0.15, 0.2) is 0 Å². The highest BCUT2D eigenvalue weighted by Gasteiger charge is 2.27. The van der Waals surface area contributed by atoms with Crippen LogP contribution in [0.25, 0.3) is 0 Å². The quantitative estimate of drug-likeness (QED) is 0.713. The van der Waals surface area contributed by atoms with E-state index >= 15 is 0 Å². The summed E-state index contributed by atoms with van der Waals surface area (Å²) in [7, 11) is 0. The van der Waals surface area contributed by atoms with Crippen LogP contribution in [-0.2, 0) is 0 Å². The fourth-order valence-electron chi connectivity index (χ4n) is 4.02. The lowest BCUT2D eigenvalue weighted by molar-refractivity contribution is 0.199. The van der Waals surface area contributed by atoms with Crippen LogP contribution in [0.3, 0.4) is 0 Å². The smallest absolute Gasteiger partial charge is 0.00723 e. The molecule has 2 aliphatic rings. The molecule has 0 saturated heterocycles. The summed E-state index contributed by atoms with van der Waals surface area (Å²) >= 11 is 0. The minimum absolute atomic E-state index is 0.744. The van der Waals surface area contributed by atoms with E-state index in [0.717, 1.165) is 29.8 Å². The van der Waals surface area contributed by atoms with Crippen molar-refractivity contribution in [1.29, 1.82) is 0 Å². The van der Waals surface area contributed by atoms with Crippen LogP contribution in [0.5, 0.6) is 0 Å². The molecule has 0 aromatic carbocycles. The van der Waals surface area contributed by atoms with Crippen molar-refractivity contribution >= 4 is 0 Å². The lowest BCUT2D eigenvalue weighted by atomic mass is 9.78. The Labute approximate surface area is 114 Å². The Morgan fingerprint density at radius 3 is 2.11 bits per heavy atom. The van der Waals surface area contributed by atoms with Gasteiger partial charge in [-0.2, -0.15) is 0 Å². The maximum Gasteiger partial charge on any atom is 0.00723 e. The largest absolute Gasteiger partial charge is 0.311 e. The topological polar surface area (TPSA) is 12.0 Å². The Morgan fingerprint density at radius 2 is 1.50 bits per heavy atom. The minimum Gasteiger partial charge on any atom is -0.311 e. The fourth-order valence-corrected chi connectivity index (χ4v) is 4.02. The van der Waals surface area contributed by atoms with Gasteiger partial charge in [0.2, 0.25) is 0 Å². The van der Waals surface area contributed by atoms with Gasteiger partial charge in [-0.1, -0.05) is 39.5 Å². The molecule has 18 heavy (non-hydrogen) atoms. The van der Waals surface area contributed by atoms with Crippen molar-refractivity contribution in [1.82, 2.24) is 5.32 Å². The summed E-state index contributed by atoms with van der Waals surface area (Å²) < 4.78 is 0. The summed E-state index contributed by atoms with van der Waals surface area (Å²) in [4.78, 5) is 0. The molecule has 2 aliphatic carbocycles. The molecule has 2 saturated carbocycles. The van der Waals surface area contributed by atoms with Gasteiger partial charge in [-0.25, -0.2) is 0 Å². The summed E-state index contributed by atoms with van der Waals surface area (Å²) in [6.07, 6.45) is 13.0. The van der Waals surface area contributed by atoms with Gasteiger partial charge in [-0.05, 0) is 56.8 Å². The molecule has 4 atom stereocenters. The fraction of sp³-hybridized carbons (Fsp3) is 1.00. The Balaban J connectivity index is 1.77. The molecule has 0 aliphatic heterocycles. The zero-order valence-electron chi connectivity index (χ0n) is 12.8. The molecule has 0 radical (unpaired) electrons. The number of hydrogen-bond donors (Lipinski definition) is 1. The van der Waals surface area contributed by atoms with Crippen molar-refractivity contribution in [3.63, 3.8) is 0 Å². The van der Waals surface area contributed by atoms with Crippen LogP contribution in [0.4, 0.5) is 0 Å². The normalized spacial score (nSPS) is 37.2. The van der Waals surface area contributed by atoms with Crippen LogP contribution in [0.2, 0.25) is 0 Å². The first-order valence-corrected chi connectivity index (χ1v) is 8.43. The third-order valence-corrected chi connectivity index (χ3v) is 5.70. The maximum absolute atomic E-state index is 3.97. The third-order valence-electron chi connectivity index (χ3n) is 5.70. The molecule has 0 amide bonds. The first-order valence-electron chi connectivity index (χ1n) is 8.43. The Morgan fingerprint density at radius 1 is 0.833 bits per heavy atom. The van der Waals surface area contributed by atoms with Gasteiger partial charge >= 0.3 is 0 Å². The summed E-state index contributed by atoms with van der Waals surface area (Å²) in [6, 6.07) is 1.54. The Kier molecular flexibility index (Phi) is 5.54. The zero-order valence-corrected chi connectivity index (χ0v) is 12.8. The first-order chi connectivity index (χ1) is 8.66. The third kappa shape index (κ3) is 3.98. The van der Waals surface area contributed by atoms with Crippen LogP contribution in [0, 0.1) is 17.8 Å². The Bertz CT molecular complexity index is 230. The van der Waals surface area contributed by atoms with Gasteiger partial charge < -0.3 is 5.32 Å². The van der Waals surface area contributed by atoms with E-state index in [2.05, 4.69) is 26.1 Å². The molecule has 1 N–H and O–H groups in total. The molecular formula is C17H33N. The first kappa shape index (κ1) is 14.4. The highest BCUT2D eigenvalue weighted by Crippen LogP contribution is 2.31. The molecule has 0 heterocycles. The van der Waals surface area contributed by atoms with E-state index in [9.17, 15) is 0 Å². The van der Waals surface area contributed by atoms with E-state index in [4.69, 9.17) is 0 Å². The van der Waals surface area contributed by atoms with E-state index in [1.165, 1.54) is 57.8 Å². The molecule has 0 spiro atoms. The number of hydrogen-bond acceptors (Lipinski definition) is 1. The minimum atomic E-state index is 0.744. The predicted molar refractivity (Wildman–Crippen MR) is 79.8 cm³/mol. The predicted octanol–water partition coefficient (Wildman–Crippen LogP) is 4.76. The van der Waals surface area contributed by atoms with Crippen molar-refractivity contribution in [3.05, 3.63) is 0 Å². The van der Waals surface area contributed by atoms with Crippen LogP contribution in [-0.4, -0.2) is 12.1 Å². The average Bonchev–Trinajstić information content (AvgIpc) is 2.62. The molecule has 1 heteroatoms. The number of nitrogens with one attached hydrogen (secondary N) is 1. The summed E-state index contributed by atoms with van der Waals surface area (Å²) in [5, 5.41) is 3.97. The molecule has 0 bridgehead atoms. The van der Waals surface area contributed by atoms with E-state index < -0.39 is 0 Å². The van der Waals surface area contributed by atoms with Gasteiger partial charge in [0.1, 0.15) is 0 Å². The lowest BCUT2D eigenvalue weighted by Gasteiger charge is -2.36. The SMILES string of the molecule is CC1CCC(N[C@@H](C)C2CCCCCC2)CC1C. The summed E-state index contributed by atoms with van der Waals surface area (Å²) in [6.45, 7) is 7.31. The molecule has 2 fully saturated rings. The molecule has 0 aromatic rings. The molecule has 2 rings (SSSR count). The van der Waals surface area contributed by atoms with Crippen molar-refractivity contribution in [2.45, 2.75) is 90.6 Å². The van der Waals surface area contributed by atoms with E-state index in [0.29, 0.717) is 0 Å². The summed E-state index contributed by atoms with van der Waals surface area (Å²) in [5.74, 6) is 2.80. The van der Waals surface area contributed by atoms with Crippen LogP contribution in [0.1, 0.15) is 78.6 Å². The lowest BCUT2D eigenvalue weighted by Crippen LogP contribution is -2.44. The van der Waals surface area contributed by atoms with Crippen LogP contribution < -0.4 is 5.32 Å². The van der Waals surface area contributed by atoms with Crippen molar-refractivity contribution in [2.75, 3.05) is 0 Å². The van der Waals surface area contributed by atoms with Gasteiger partial charge in [0.25, 0.3) is 0 Å². The maximum atomic E-state index is 3.97. The Hall–Kier alpha value is -0.0400.